The van der Waals surface area contributed by atoms with Crippen molar-refractivity contribution in [2.45, 2.75) is 12.5 Å². The van der Waals surface area contributed by atoms with E-state index >= 15 is 0 Å². The highest BCUT2D eigenvalue weighted by Crippen LogP contribution is 2.28. The summed E-state index contributed by atoms with van der Waals surface area (Å²) in [5, 5.41) is 1.16. The molecule has 3 nitrogen and oxygen atoms in total. The largest absolute Gasteiger partial charge is 0.490 e. The Morgan fingerprint density at radius 3 is 3.05 bits per heavy atom. The smallest absolute Gasteiger partial charge is 0.137 e. The van der Waals surface area contributed by atoms with Crippen LogP contribution in [0.4, 0.5) is 0 Å². The molecule has 20 heavy (non-hydrogen) atoms. The van der Waals surface area contributed by atoms with Gasteiger partial charge in [-0.25, -0.2) is 0 Å². The lowest BCUT2D eigenvalue weighted by Crippen LogP contribution is -2.22. The summed E-state index contributed by atoms with van der Waals surface area (Å²) in [5.41, 5.74) is 2.39. The van der Waals surface area contributed by atoms with Gasteiger partial charge in [-0.1, -0.05) is 18.2 Å². The summed E-state index contributed by atoms with van der Waals surface area (Å²) >= 11 is 0. The number of nitrogens with one attached hydrogen (secondary N) is 1. The van der Waals surface area contributed by atoms with E-state index in [0.717, 1.165) is 28.8 Å². The van der Waals surface area contributed by atoms with E-state index in [-0.39, 0.29) is 6.10 Å². The van der Waals surface area contributed by atoms with E-state index in [2.05, 4.69) is 11.1 Å². The van der Waals surface area contributed by atoms with Crippen LogP contribution in [0.1, 0.15) is 5.56 Å². The molecule has 1 aromatic heterocycles. The predicted molar refractivity (Wildman–Crippen MR) is 78.4 cm³/mol. The van der Waals surface area contributed by atoms with Crippen molar-refractivity contribution >= 4 is 10.9 Å². The van der Waals surface area contributed by atoms with Crippen molar-refractivity contribution in [2.24, 2.45) is 0 Å². The van der Waals surface area contributed by atoms with Gasteiger partial charge >= 0.3 is 0 Å². The first-order valence-electron chi connectivity index (χ1n) is 6.83. The van der Waals surface area contributed by atoms with Gasteiger partial charge in [-0.05, 0) is 35.9 Å². The van der Waals surface area contributed by atoms with E-state index in [9.17, 15) is 0 Å². The highest BCUT2D eigenvalue weighted by Gasteiger charge is 2.22. The van der Waals surface area contributed by atoms with E-state index in [0.29, 0.717) is 6.61 Å². The fourth-order valence-electron chi connectivity index (χ4n) is 2.66. The van der Waals surface area contributed by atoms with Crippen molar-refractivity contribution in [3.8, 4) is 11.5 Å². The van der Waals surface area contributed by atoms with E-state index in [1.54, 1.807) is 0 Å². The lowest BCUT2D eigenvalue weighted by Gasteiger charge is -2.12. The van der Waals surface area contributed by atoms with Gasteiger partial charge in [-0.2, -0.15) is 0 Å². The molecule has 1 aliphatic rings. The number of hydrogen-bond donors (Lipinski definition) is 1. The van der Waals surface area contributed by atoms with E-state index in [1.807, 2.05) is 48.7 Å². The third kappa shape index (κ3) is 2.01. The summed E-state index contributed by atoms with van der Waals surface area (Å²) in [4.78, 5) is 3.18. The fraction of sp³-hybridized carbons (Fsp3) is 0.176. The monoisotopic (exact) mass is 265 g/mol. The molecule has 1 N–H and O–H groups in total. The zero-order valence-corrected chi connectivity index (χ0v) is 11.0. The van der Waals surface area contributed by atoms with Crippen LogP contribution in [0.15, 0.2) is 54.7 Å². The van der Waals surface area contributed by atoms with Crippen LogP contribution < -0.4 is 9.47 Å². The van der Waals surface area contributed by atoms with Gasteiger partial charge in [0.25, 0.3) is 0 Å². The number of H-pyrrole nitrogens is 1. The normalized spacial score (nSPS) is 16.9. The zero-order chi connectivity index (χ0) is 13.4. The molecule has 0 radical (unpaired) electrons. The Hall–Kier alpha value is -2.42. The van der Waals surface area contributed by atoms with Crippen LogP contribution in [0.2, 0.25) is 0 Å². The minimum absolute atomic E-state index is 0.106. The predicted octanol–water partition coefficient (Wildman–Crippen LogP) is 3.55. The quantitative estimate of drug-likeness (QED) is 0.785. The molecule has 0 fully saturated rings. The molecule has 4 rings (SSSR count). The van der Waals surface area contributed by atoms with Crippen molar-refractivity contribution in [1.29, 1.82) is 0 Å². The Morgan fingerprint density at radius 1 is 1.15 bits per heavy atom. The molecule has 0 bridgehead atoms. The molecule has 2 aromatic carbocycles. The fourth-order valence-corrected chi connectivity index (χ4v) is 2.66. The average molecular weight is 265 g/mol. The summed E-state index contributed by atoms with van der Waals surface area (Å²) in [5.74, 6) is 1.87. The van der Waals surface area contributed by atoms with Gasteiger partial charge in [0.05, 0.1) is 0 Å². The molecule has 1 aliphatic heterocycles. The zero-order valence-electron chi connectivity index (χ0n) is 11.0. The first kappa shape index (κ1) is 11.4. The molecular formula is C17H15NO2. The SMILES string of the molecule is c1ccc2c(c1)CC(COc1ccc3[nH]ccc3c1)O2. The number of aromatic amines is 1. The number of hydrogen-bond acceptors (Lipinski definition) is 2. The molecule has 2 heterocycles. The number of ether oxygens (including phenoxy) is 2. The molecule has 100 valence electrons. The maximum absolute atomic E-state index is 5.87. The number of para-hydroxylation sites is 1. The number of aromatic nitrogens is 1. The Bertz CT molecular complexity index is 722. The van der Waals surface area contributed by atoms with Crippen LogP contribution in [0, 0.1) is 0 Å². The van der Waals surface area contributed by atoms with Crippen molar-refractivity contribution < 1.29 is 9.47 Å². The van der Waals surface area contributed by atoms with Crippen LogP contribution in [-0.4, -0.2) is 17.7 Å². The van der Waals surface area contributed by atoms with Gasteiger partial charge < -0.3 is 14.5 Å². The first-order chi connectivity index (χ1) is 9.88. The summed E-state index contributed by atoms with van der Waals surface area (Å²) in [6.45, 7) is 0.574. The van der Waals surface area contributed by atoms with Gasteiger partial charge in [-0.3, -0.25) is 0 Å². The Kier molecular flexibility index (Phi) is 2.62. The summed E-state index contributed by atoms with van der Waals surface area (Å²) in [6, 6.07) is 16.3. The van der Waals surface area contributed by atoms with Gasteiger partial charge in [-0.15, -0.1) is 0 Å². The molecule has 3 heteroatoms. The Labute approximate surface area is 117 Å². The highest BCUT2D eigenvalue weighted by atomic mass is 16.5. The lowest BCUT2D eigenvalue weighted by molar-refractivity contribution is 0.148. The number of fused-ring (bicyclic) bond motifs is 2. The Balaban J connectivity index is 1.44. The Morgan fingerprint density at radius 2 is 2.10 bits per heavy atom. The standard InChI is InChI=1S/C17H15NO2/c1-2-4-17-13(3-1)10-15(20-17)11-19-14-5-6-16-12(9-14)7-8-18-16/h1-9,15,18H,10-11H2. The van der Waals surface area contributed by atoms with Crippen LogP contribution in [0.5, 0.6) is 11.5 Å². The third-order valence-corrected chi connectivity index (χ3v) is 3.67. The van der Waals surface area contributed by atoms with Crippen molar-refractivity contribution in [3.05, 3.63) is 60.3 Å². The molecule has 0 spiro atoms. The van der Waals surface area contributed by atoms with E-state index in [4.69, 9.17) is 9.47 Å². The minimum Gasteiger partial charge on any atom is -0.490 e. The van der Waals surface area contributed by atoms with Crippen LogP contribution >= 0.6 is 0 Å². The first-order valence-corrected chi connectivity index (χ1v) is 6.83. The van der Waals surface area contributed by atoms with Gasteiger partial charge in [0.15, 0.2) is 0 Å². The maximum atomic E-state index is 5.87. The van der Waals surface area contributed by atoms with Crippen LogP contribution in [0.3, 0.4) is 0 Å². The van der Waals surface area contributed by atoms with Gasteiger partial charge in [0.2, 0.25) is 0 Å². The molecule has 0 saturated heterocycles. The van der Waals surface area contributed by atoms with Crippen LogP contribution in [-0.2, 0) is 6.42 Å². The number of benzene rings is 2. The van der Waals surface area contributed by atoms with Crippen molar-refractivity contribution in [2.75, 3.05) is 6.61 Å². The molecular weight excluding hydrogens is 250 g/mol. The van der Waals surface area contributed by atoms with Crippen LogP contribution in [0.25, 0.3) is 10.9 Å². The van der Waals surface area contributed by atoms with Gasteiger partial charge in [0.1, 0.15) is 24.2 Å². The molecule has 0 aliphatic carbocycles. The average Bonchev–Trinajstić information content (AvgIpc) is 3.10. The van der Waals surface area contributed by atoms with Crippen molar-refractivity contribution in [3.63, 3.8) is 0 Å². The summed E-state index contributed by atoms with van der Waals surface area (Å²) in [7, 11) is 0. The lowest BCUT2D eigenvalue weighted by atomic mass is 10.1. The molecule has 1 unspecified atom stereocenters. The summed E-state index contributed by atoms with van der Waals surface area (Å²) in [6.07, 6.45) is 2.96. The third-order valence-electron chi connectivity index (χ3n) is 3.67. The molecule has 1 atom stereocenters. The van der Waals surface area contributed by atoms with Gasteiger partial charge in [0, 0.05) is 23.5 Å². The number of rotatable bonds is 3. The van der Waals surface area contributed by atoms with E-state index < -0.39 is 0 Å². The second-order valence-electron chi connectivity index (χ2n) is 5.09. The summed E-state index contributed by atoms with van der Waals surface area (Å²) < 4.78 is 11.7. The maximum Gasteiger partial charge on any atom is 0.137 e. The van der Waals surface area contributed by atoms with Crippen molar-refractivity contribution in [1.82, 2.24) is 4.98 Å². The molecule has 0 amide bonds. The highest BCUT2D eigenvalue weighted by molar-refractivity contribution is 5.80. The topological polar surface area (TPSA) is 34.2 Å². The second kappa shape index (κ2) is 4.60. The van der Waals surface area contributed by atoms with E-state index in [1.165, 1.54) is 5.56 Å². The molecule has 3 aromatic rings. The molecule has 0 saturated carbocycles. The minimum atomic E-state index is 0.106. The second-order valence-corrected chi connectivity index (χ2v) is 5.09.